The van der Waals surface area contributed by atoms with Crippen molar-refractivity contribution in [3.8, 4) is 28.4 Å². The van der Waals surface area contributed by atoms with Gasteiger partial charge in [-0.1, -0.05) is 23.7 Å². The molecule has 0 amide bonds. The van der Waals surface area contributed by atoms with Crippen molar-refractivity contribution in [3.05, 3.63) is 87.8 Å². The van der Waals surface area contributed by atoms with Crippen LogP contribution in [0.25, 0.3) is 22.6 Å². The molecule has 3 heterocycles. The van der Waals surface area contributed by atoms with E-state index in [1.165, 1.54) is 43.7 Å². The summed E-state index contributed by atoms with van der Waals surface area (Å²) in [6.45, 7) is 0.448. The van der Waals surface area contributed by atoms with Crippen LogP contribution in [-0.2, 0) is 19.3 Å². The Kier molecular flexibility index (Phi) is 6.32. The summed E-state index contributed by atoms with van der Waals surface area (Å²) in [5.41, 5.74) is 0.676. The van der Waals surface area contributed by atoms with Crippen LogP contribution in [0.2, 0.25) is 5.15 Å². The number of pyridine rings is 1. The average molecular weight is 534 g/mol. The molecular weight excluding hydrogens is 517 g/mol. The number of alkyl halides is 3. The highest BCUT2D eigenvalue weighted by Gasteiger charge is 2.34. The van der Waals surface area contributed by atoms with Crippen molar-refractivity contribution >= 4 is 17.8 Å². The maximum absolute atomic E-state index is 14.2. The summed E-state index contributed by atoms with van der Waals surface area (Å²) in [7, 11) is 1.29. The van der Waals surface area contributed by atoms with Crippen LogP contribution in [0.5, 0.6) is 5.75 Å². The van der Waals surface area contributed by atoms with Gasteiger partial charge >= 0.3 is 6.18 Å². The summed E-state index contributed by atoms with van der Waals surface area (Å²) in [4.78, 5) is 11.5. The third kappa shape index (κ3) is 4.86. The standard InChI is InChI=1S/C25H17ClF5N5O/c1-37-14-6-7-15(17(9-14)25(29,30)31)19-8-5-13(23(26)33-19)11-36-12-21-20(10-32-36)34-24(35-21)16-3-2-4-18(27)22(16)28/h2-10H,11-12H2,1H3,(H,34,35). The van der Waals surface area contributed by atoms with Gasteiger partial charge in [0.25, 0.3) is 0 Å². The van der Waals surface area contributed by atoms with Gasteiger partial charge in [-0.2, -0.15) is 18.3 Å². The number of hydrogen-bond donors (Lipinski definition) is 1. The van der Waals surface area contributed by atoms with E-state index >= 15 is 0 Å². The largest absolute Gasteiger partial charge is 0.497 e. The van der Waals surface area contributed by atoms with Crippen LogP contribution in [0.4, 0.5) is 22.0 Å². The number of ether oxygens (including phenoxy) is 1. The smallest absolute Gasteiger partial charge is 0.417 e. The molecule has 5 rings (SSSR count). The minimum Gasteiger partial charge on any atom is -0.497 e. The van der Waals surface area contributed by atoms with Gasteiger partial charge in [0, 0.05) is 11.1 Å². The lowest BCUT2D eigenvalue weighted by molar-refractivity contribution is -0.137. The lowest BCUT2D eigenvalue weighted by atomic mass is 10.0. The van der Waals surface area contributed by atoms with Crippen LogP contribution >= 0.6 is 11.6 Å². The fourth-order valence-corrected chi connectivity index (χ4v) is 4.17. The van der Waals surface area contributed by atoms with Crippen LogP contribution in [0.1, 0.15) is 22.5 Å². The minimum absolute atomic E-state index is 0.00561. The fraction of sp³-hybridized carbons (Fsp3) is 0.160. The Labute approximate surface area is 212 Å². The quantitative estimate of drug-likeness (QED) is 0.237. The lowest BCUT2D eigenvalue weighted by Gasteiger charge is -2.22. The average Bonchev–Trinajstić information content (AvgIpc) is 3.29. The summed E-state index contributed by atoms with van der Waals surface area (Å²) < 4.78 is 73.6. The van der Waals surface area contributed by atoms with E-state index in [1.54, 1.807) is 11.1 Å². The topological polar surface area (TPSA) is 66.4 Å². The van der Waals surface area contributed by atoms with Crippen LogP contribution in [-0.4, -0.2) is 33.3 Å². The SMILES string of the molecule is COc1ccc(-c2ccc(CN3Cc4[nH]c(-c5cccc(F)c5F)nc4C=N3)c(Cl)n2)c(C(F)(F)F)c1. The minimum atomic E-state index is -4.62. The van der Waals surface area contributed by atoms with Gasteiger partial charge in [-0.25, -0.2) is 18.7 Å². The molecule has 0 unspecified atom stereocenters. The van der Waals surface area contributed by atoms with Crippen molar-refractivity contribution in [2.45, 2.75) is 19.3 Å². The molecule has 0 radical (unpaired) electrons. The van der Waals surface area contributed by atoms with Crippen LogP contribution in [0.3, 0.4) is 0 Å². The zero-order valence-electron chi connectivity index (χ0n) is 19.1. The number of imidazole rings is 1. The molecule has 0 bridgehead atoms. The number of hydrogen-bond acceptors (Lipinski definition) is 5. The highest BCUT2D eigenvalue weighted by Crippen LogP contribution is 2.39. The van der Waals surface area contributed by atoms with E-state index < -0.39 is 23.4 Å². The van der Waals surface area contributed by atoms with Crippen LogP contribution in [0, 0.1) is 11.6 Å². The number of aromatic nitrogens is 3. The number of rotatable bonds is 5. The number of nitrogens with zero attached hydrogens (tertiary/aromatic N) is 4. The summed E-state index contributed by atoms with van der Waals surface area (Å²) >= 11 is 6.35. The Balaban J connectivity index is 1.37. The molecule has 12 heteroatoms. The van der Waals surface area contributed by atoms with Crippen molar-refractivity contribution < 1.29 is 26.7 Å². The Morgan fingerprint density at radius 3 is 2.59 bits per heavy atom. The Morgan fingerprint density at radius 2 is 1.86 bits per heavy atom. The molecule has 1 aliphatic rings. The highest BCUT2D eigenvalue weighted by molar-refractivity contribution is 6.30. The van der Waals surface area contributed by atoms with Gasteiger partial charge in [-0.15, -0.1) is 0 Å². The zero-order valence-corrected chi connectivity index (χ0v) is 19.8. The first-order valence-electron chi connectivity index (χ1n) is 10.9. The van der Waals surface area contributed by atoms with Gasteiger partial charge in [0.2, 0.25) is 0 Å². The number of H-pyrrole nitrogens is 1. The number of benzene rings is 2. The molecule has 0 atom stereocenters. The predicted molar refractivity (Wildman–Crippen MR) is 127 cm³/mol. The first kappa shape index (κ1) is 24.7. The fourth-order valence-electron chi connectivity index (χ4n) is 3.96. The van der Waals surface area contributed by atoms with E-state index in [0.717, 1.165) is 12.1 Å². The number of halogens is 6. The Bertz CT molecular complexity index is 1520. The van der Waals surface area contributed by atoms with Gasteiger partial charge in [0.05, 0.1) is 48.9 Å². The van der Waals surface area contributed by atoms with Crippen molar-refractivity contribution in [1.82, 2.24) is 20.0 Å². The number of aromatic amines is 1. The maximum atomic E-state index is 14.2. The van der Waals surface area contributed by atoms with Crippen LogP contribution < -0.4 is 4.74 Å². The molecule has 0 fully saturated rings. The second kappa shape index (κ2) is 9.47. The summed E-state index contributed by atoms with van der Waals surface area (Å²) in [6, 6.07) is 10.5. The third-order valence-electron chi connectivity index (χ3n) is 5.79. The van der Waals surface area contributed by atoms with E-state index in [-0.39, 0.29) is 46.6 Å². The van der Waals surface area contributed by atoms with E-state index in [2.05, 4.69) is 20.1 Å². The Morgan fingerprint density at radius 1 is 1.05 bits per heavy atom. The van der Waals surface area contributed by atoms with E-state index in [9.17, 15) is 22.0 Å². The van der Waals surface area contributed by atoms with Crippen molar-refractivity contribution in [2.24, 2.45) is 5.10 Å². The number of hydrazone groups is 1. The second-order valence-corrected chi connectivity index (χ2v) is 8.53. The number of nitrogens with one attached hydrogen (secondary N) is 1. The van der Waals surface area contributed by atoms with Crippen molar-refractivity contribution in [1.29, 1.82) is 0 Å². The normalized spacial score (nSPS) is 13.1. The molecular formula is C25H17ClF5N5O. The summed E-state index contributed by atoms with van der Waals surface area (Å²) in [5.74, 6) is -1.75. The monoisotopic (exact) mass is 533 g/mol. The predicted octanol–water partition coefficient (Wildman–Crippen LogP) is 6.45. The van der Waals surface area contributed by atoms with E-state index in [1.807, 2.05) is 0 Å². The van der Waals surface area contributed by atoms with E-state index in [0.29, 0.717) is 17.0 Å². The summed E-state index contributed by atoms with van der Waals surface area (Å²) in [6.07, 6.45) is -3.15. The lowest BCUT2D eigenvalue weighted by Crippen LogP contribution is -2.21. The third-order valence-corrected chi connectivity index (χ3v) is 6.12. The molecule has 6 nitrogen and oxygen atoms in total. The van der Waals surface area contributed by atoms with Gasteiger partial charge in [0.1, 0.15) is 22.4 Å². The van der Waals surface area contributed by atoms with Crippen molar-refractivity contribution in [2.75, 3.05) is 7.11 Å². The van der Waals surface area contributed by atoms with E-state index in [4.69, 9.17) is 16.3 Å². The molecule has 0 aliphatic carbocycles. The maximum Gasteiger partial charge on any atom is 0.417 e. The molecule has 190 valence electrons. The molecule has 4 aromatic rings. The molecule has 0 saturated carbocycles. The first-order valence-corrected chi connectivity index (χ1v) is 11.2. The molecule has 1 aliphatic heterocycles. The van der Waals surface area contributed by atoms with Gasteiger partial charge in [-0.05, 0) is 36.4 Å². The number of fused-ring (bicyclic) bond motifs is 1. The van der Waals surface area contributed by atoms with Crippen LogP contribution in [0.15, 0.2) is 53.6 Å². The van der Waals surface area contributed by atoms with Gasteiger partial charge in [0.15, 0.2) is 11.6 Å². The Hall–Kier alpha value is -3.99. The highest BCUT2D eigenvalue weighted by atomic mass is 35.5. The number of methoxy groups -OCH3 is 1. The molecule has 2 aromatic heterocycles. The van der Waals surface area contributed by atoms with Gasteiger partial charge in [-0.3, -0.25) is 5.01 Å². The molecule has 0 saturated heterocycles. The zero-order chi connectivity index (χ0) is 26.3. The summed E-state index contributed by atoms with van der Waals surface area (Å²) in [5, 5.41) is 5.96. The molecule has 0 spiro atoms. The van der Waals surface area contributed by atoms with Crippen molar-refractivity contribution in [3.63, 3.8) is 0 Å². The van der Waals surface area contributed by atoms with Gasteiger partial charge < -0.3 is 9.72 Å². The molecule has 2 aromatic carbocycles. The molecule has 37 heavy (non-hydrogen) atoms. The first-order chi connectivity index (χ1) is 17.6. The second-order valence-electron chi connectivity index (χ2n) is 8.17. The molecule has 1 N–H and O–H groups in total.